The highest BCUT2D eigenvalue weighted by Crippen LogP contribution is 2.26. The average molecular weight is 291 g/mol. The Balaban J connectivity index is 2.25. The van der Waals surface area contributed by atoms with Crippen LogP contribution < -0.4 is 5.32 Å². The molecule has 0 aromatic carbocycles. The van der Waals surface area contributed by atoms with Crippen LogP contribution in [0.5, 0.6) is 0 Å². The quantitative estimate of drug-likeness (QED) is 0.875. The monoisotopic (exact) mass is 290 g/mol. The summed E-state index contributed by atoms with van der Waals surface area (Å²) in [5.41, 5.74) is 1.67. The second-order valence-electron chi connectivity index (χ2n) is 5.74. The Hall–Kier alpha value is -1.68. The van der Waals surface area contributed by atoms with Gasteiger partial charge in [-0.25, -0.2) is 9.97 Å². The molecule has 0 amide bonds. The number of anilines is 1. The fourth-order valence-corrected chi connectivity index (χ4v) is 1.84. The van der Waals surface area contributed by atoms with Crippen LogP contribution in [-0.2, 0) is 12.0 Å². The van der Waals surface area contributed by atoms with Crippen LogP contribution in [0.15, 0.2) is 24.4 Å². The van der Waals surface area contributed by atoms with Gasteiger partial charge in [0, 0.05) is 17.2 Å². The maximum Gasteiger partial charge on any atom is 0.137 e. The average Bonchev–Trinajstić information content (AvgIpc) is 2.40. The molecule has 0 bridgehead atoms. The smallest absolute Gasteiger partial charge is 0.137 e. The summed E-state index contributed by atoms with van der Waals surface area (Å²) in [6.45, 7) is 8.72. The molecule has 2 aromatic heterocycles. The van der Waals surface area contributed by atoms with Crippen molar-refractivity contribution in [2.24, 2.45) is 0 Å². The summed E-state index contributed by atoms with van der Waals surface area (Å²) >= 11 is 6.20. The Morgan fingerprint density at radius 3 is 2.55 bits per heavy atom. The second kappa shape index (κ2) is 5.75. The van der Waals surface area contributed by atoms with Crippen LogP contribution in [-0.4, -0.2) is 15.0 Å². The highest BCUT2D eigenvalue weighted by atomic mass is 35.5. The number of hydrogen-bond acceptors (Lipinski definition) is 4. The lowest BCUT2D eigenvalue weighted by Crippen LogP contribution is -2.18. The maximum absolute atomic E-state index is 6.20. The second-order valence-corrected chi connectivity index (χ2v) is 6.09. The molecule has 4 nitrogen and oxygen atoms in total. The summed E-state index contributed by atoms with van der Waals surface area (Å²) in [5, 5.41) is 3.78. The summed E-state index contributed by atoms with van der Waals surface area (Å²) in [6.07, 6.45) is 1.78. The van der Waals surface area contributed by atoms with Gasteiger partial charge in [-0.3, -0.25) is 4.98 Å². The van der Waals surface area contributed by atoms with Gasteiger partial charge in [-0.1, -0.05) is 38.4 Å². The van der Waals surface area contributed by atoms with Gasteiger partial charge in [0.25, 0.3) is 0 Å². The largest absolute Gasteiger partial charge is 0.364 e. The van der Waals surface area contributed by atoms with E-state index in [0.717, 1.165) is 22.9 Å². The number of rotatable bonds is 3. The van der Waals surface area contributed by atoms with Crippen LogP contribution in [0.3, 0.4) is 0 Å². The Kier molecular flexibility index (Phi) is 4.23. The van der Waals surface area contributed by atoms with Crippen LogP contribution in [0.4, 0.5) is 5.82 Å². The molecule has 2 aromatic rings. The molecule has 20 heavy (non-hydrogen) atoms. The van der Waals surface area contributed by atoms with Gasteiger partial charge >= 0.3 is 0 Å². The lowest BCUT2D eigenvalue weighted by molar-refractivity contribution is 0.545. The standard InChI is InChI=1S/C15H19ClN4/c1-10-12(16)19-14(15(2,3)4)20-13(10)18-9-11-7-5-6-8-17-11/h5-8H,9H2,1-4H3,(H,18,19,20). The summed E-state index contributed by atoms with van der Waals surface area (Å²) in [7, 11) is 0. The molecule has 1 N–H and O–H groups in total. The number of aromatic nitrogens is 3. The zero-order valence-corrected chi connectivity index (χ0v) is 13.0. The van der Waals surface area contributed by atoms with E-state index in [1.807, 2.05) is 25.1 Å². The zero-order chi connectivity index (χ0) is 14.8. The Bertz CT molecular complexity index is 591. The van der Waals surface area contributed by atoms with E-state index in [1.165, 1.54) is 0 Å². The van der Waals surface area contributed by atoms with E-state index in [2.05, 4.69) is 41.0 Å². The SMILES string of the molecule is Cc1c(Cl)nc(C(C)(C)C)nc1NCc1ccccn1. The van der Waals surface area contributed by atoms with Gasteiger partial charge in [-0.15, -0.1) is 0 Å². The molecular weight excluding hydrogens is 272 g/mol. The van der Waals surface area contributed by atoms with Gasteiger partial charge in [0.15, 0.2) is 0 Å². The third kappa shape index (κ3) is 3.45. The van der Waals surface area contributed by atoms with Crippen molar-refractivity contribution in [3.63, 3.8) is 0 Å². The molecule has 2 heterocycles. The van der Waals surface area contributed by atoms with E-state index in [4.69, 9.17) is 11.6 Å². The third-order valence-electron chi connectivity index (χ3n) is 2.92. The molecule has 5 heteroatoms. The molecule has 0 unspecified atom stereocenters. The first-order chi connectivity index (χ1) is 9.38. The van der Waals surface area contributed by atoms with E-state index in [0.29, 0.717) is 11.7 Å². The fraction of sp³-hybridized carbons (Fsp3) is 0.400. The van der Waals surface area contributed by atoms with Crippen molar-refractivity contribution in [2.75, 3.05) is 5.32 Å². The zero-order valence-electron chi connectivity index (χ0n) is 12.2. The predicted octanol–water partition coefficient (Wildman–Crippen LogP) is 3.74. The van der Waals surface area contributed by atoms with Gasteiger partial charge in [0.1, 0.15) is 16.8 Å². The Morgan fingerprint density at radius 1 is 1.20 bits per heavy atom. The van der Waals surface area contributed by atoms with Gasteiger partial charge in [-0.05, 0) is 19.1 Å². The Morgan fingerprint density at radius 2 is 1.95 bits per heavy atom. The minimum Gasteiger partial charge on any atom is -0.364 e. The van der Waals surface area contributed by atoms with Gasteiger partial charge in [-0.2, -0.15) is 0 Å². The molecule has 0 saturated carbocycles. The lowest BCUT2D eigenvalue weighted by Gasteiger charge is -2.19. The molecule has 0 radical (unpaired) electrons. The molecule has 0 atom stereocenters. The third-order valence-corrected chi connectivity index (χ3v) is 3.29. The normalized spacial score (nSPS) is 11.4. The molecule has 0 aliphatic rings. The fourth-order valence-electron chi connectivity index (χ4n) is 1.67. The topological polar surface area (TPSA) is 50.7 Å². The number of pyridine rings is 1. The van der Waals surface area contributed by atoms with E-state index in [1.54, 1.807) is 6.20 Å². The first kappa shape index (κ1) is 14.7. The molecule has 0 aliphatic carbocycles. The van der Waals surface area contributed by atoms with Gasteiger partial charge < -0.3 is 5.32 Å². The van der Waals surface area contributed by atoms with Crippen molar-refractivity contribution < 1.29 is 0 Å². The summed E-state index contributed by atoms with van der Waals surface area (Å²) in [4.78, 5) is 13.2. The number of halogens is 1. The van der Waals surface area contributed by atoms with Crippen LogP contribution in [0.1, 0.15) is 37.9 Å². The summed E-state index contributed by atoms with van der Waals surface area (Å²) in [6, 6.07) is 5.83. The minimum atomic E-state index is -0.140. The molecular formula is C15H19ClN4. The van der Waals surface area contributed by atoms with E-state index in [-0.39, 0.29) is 5.41 Å². The number of nitrogens with one attached hydrogen (secondary N) is 1. The lowest BCUT2D eigenvalue weighted by atomic mass is 9.95. The van der Waals surface area contributed by atoms with Crippen LogP contribution in [0.2, 0.25) is 5.15 Å². The first-order valence-corrected chi connectivity index (χ1v) is 6.94. The van der Waals surface area contributed by atoms with Crippen molar-refractivity contribution in [3.05, 3.63) is 46.6 Å². The predicted molar refractivity (Wildman–Crippen MR) is 82.0 cm³/mol. The Labute approximate surface area is 124 Å². The number of nitrogens with zero attached hydrogens (tertiary/aromatic N) is 3. The van der Waals surface area contributed by atoms with E-state index < -0.39 is 0 Å². The van der Waals surface area contributed by atoms with Gasteiger partial charge in [0.05, 0.1) is 12.2 Å². The molecule has 0 saturated heterocycles. The minimum absolute atomic E-state index is 0.140. The maximum atomic E-state index is 6.20. The van der Waals surface area contributed by atoms with Crippen LogP contribution in [0.25, 0.3) is 0 Å². The molecule has 2 rings (SSSR count). The van der Waals surface area contributed by atoms with Crippen LogP contribution >= 0.6 is 11.6 Å². The molecule has 106 valence electrons. The van der Waals surface area contributed by atoms with Crippen molar-refractivity contribution in [1.29, 1.82) is 0 Å². The van der Waals surface area contributed by atoms with Gasteiger partial charge in [0.2, 0.25) is 0 Å². The van der Waals surface area contributed by atoms with E-state index in [9.17, 15) is 0 Å². The highest BCUT2D eigenvalue weighted by molar-refractivity contribution is 6.30. The van der Waals surface area contributed by atoms with Crippen molar-refractivity contribution in [1.82, 2.24) is 15.0 Å². The van der Waals surface area contributed by atoms with Crippen molar-refractivity contribution in [3.8, 4) is 0 Å². The highest BCUT2D eigenvalue weighted by Gasteiger charge is 2.20. The van der Waals surface area contributed by atoms with E-state index >= 15 is 0 Å². The summed E-state index contributed by atoms with van der Waals surface area (Å²) < 4.78 is 0. The number of hydrogen-bond donors (Lipinski definition) is 1. The van der Waals surface area contributed by atoms with Crippen LogP contribution in [0, 0.1) is 6.92 Å². The first-order valence-electron chi connectivity index (χ1n) is 6.56. The summed E-state index contributed by atoms with van der Waals surface area (Å²) in [5.74, 6) is 1.50. The molecule has 0 fully saturated rings. The molecule has 0 aliphatic heterocycles. The van der Waals surface area contributed by atoms with Crippen molar-refractivity contribution in [2.45, 2.75) is 39.7 Å². The molecule has 0 spiro atoms. The van der Waals surface area contributed by atoms with Crippen molar-refractivity contribution >= 4 is 17.4 Å².